The third-order valence-corrected chi connectivity index (χ3v) is 5.43. The molecule has 2 amide bonds. The second kappa shape index (κ2) is 8.15. The molecule has 2 aliphatic carbocycles. The summed E-state index contributed by atoms with van der Waals surface area (Å²) in [6.45, 7) is 2.29. The number of aryl methyl sites for hydroxylation is 1. The van der Waals surface area contributed by atoms with Gasteiger partial charge < -0.3 is 16.4 Å². The molecular weight excluding hydrogens is 345 g/mol. The van der Waals surface area contributed by atoms with Crippen molar-refractivity contribution in [1.82, 2.24) is 10.6 Å². The number of carbonyl (C=O) groups excluding carboxylic acids is 2. The summed E-state index contributed by atoms with van der Waals surface area (Å²) >= 11 is 0. The summed E-state index contributed by atoms with van der Waals surface area (Å²) in [5, 5.41) is 5.54. The Kier molecular flexibility index (Phi) is 6.41. The lowest BCUT2D eigenvalue weighted by atomic mass is 9.84. The van der Waals surface area contributed by atoms with Crippen LogP contribution in [0.1, 0.15) is 35.2 Å². The van der Waals surface area contributed by atoms with Crippen molar-refractivity contribution in [2.45, 2.75) is 32.2 Å². The van der Waals surface area contributed by atoms with Gasteiger partial charge >= 0.3 is 0 Å². The monoisotopic (exact) mass is 369 g/mol. The van der Waals surface area contributed by atoms with Crippen LogP contribution >= 0.6 is 12.4 Å². The predicted octanol–water partition coefficient (Wildman–Crippen LogP) is 1.78. The summed E-state index contributed by atoms with van der Waals surface area (Å²) in [5.74, 6) is 0.0500. The lowest BCUT2D eigenvalue weighted by Crippen LogP contribution is -2.46. The van der Waals surface area contributed by atoms with Crippen LogP contribution in [-0.4, -0.2) is 30.9 Å². The Balaban J connectivity index is 0.00000225. The minimum Gasteiger partial charge on any atom is -0.354 e. The molecule has 2 bridgehead atoms. The van der Waals surface area contributed by atoms with E-state index in [1.54, 1.807) is 19.1 Å². The van der Waals surface area contributed by atoms with E-state index in [0.29, 0.717) is 30.5 Å². The number of carbonyl (C=O) groups is 2. The van der Waals surface area contributed by atoms with E-state index in [1.807, 2.05) is 0 Å². The quantitative estimate of drug-likeness (QED) is 0.692. The lowest BCUT2D eigenvalue weighted by molar-refractivity contribution is -0.127. The molecule has 3 rings (SSSR count). The average molecular weight is 370 g/mol. The lowest BCUT2D eigenvalue weighted by Gasteiger charge is -2.27. The summed E-state index contributed by atoms with van der Waals surface area (Å²) in [6.07, 6.45) is 3.29. The molecule has 25 heavy (non-hydrogen) atoms. The van der Waals surface area contributed by atoms with E-state index in [9.17, 15) is 14.0 Å². The molecule has 5 nitrogen and oxygen atoms in total. The summed E-state index contributed by atoms with van der Waals surface area (Å²) in [5.41, 5.74) is 6.93. The number of hydrogen-bond donors (Lipinski definition) is 3. The molecule has 138 valence electrons. The number of nitrogens with one attached hydrogen (secondary N) is 2. The van der Waals surface area contributed by atoms with Gasteiger partial charge in [0.05, 0.1) is 5.92 Å². The number of halogens is 2. The van der Waals surface area contributed by atoms with E-state index in [-0.39, 0.29) is 41.7 Å². The molecular formula is C18H25ClFN3O2. The van der Waals surface area contributed by atoms with E-state index in [0.717, 1.165) is 19.3 Å². The Morgan fingerprint density at radius 1 is 1.20 bits per heavy atom. The maximum atomic E-state index is 13.5. The highest BCUT2D eigenvalue weighted by atomic mass is 35.5. The largest absolute Gasteiger partial charge is 0.354 e. The minimum absolute atomic E-state index is 0. The van der Waals surface area contributed by atoms with Crippen LogP contribution in [0.5, 0.6) is 0 Å². The minimum atomic E-state index is -0.402. The first-order valence-corrected chi connectivity index (χ1v) is 8.55. The van der Waals surface area contributed by atoms with Gasteiger partial charge in [-0.2, -0.15) is 0 Å². The number of amides is 2. The van der Waals surface area contributed by atoms with Crippen molar-refractivity contribution in [3.05, 3.63) is 35.1 Å². The molecule has 4 unspecified atom stereocenters. The molecule has 0 radical (unpaired) electrons. The van der Waals surface area contributed by atoms with Gasteiger partial charge in [-0.15, -0.1) is 12.4 Å². The molecule has 2 aliphatic rings. The fourth-order valence-electron chi connectivity index (χ4n) is 4.04. The van der Waals surface area contributed by atoms with Gasteiger partial charge in [0.25, 0.3) is 5.91 Å². The summed E-state index contributed by atoms with van der Waals surface area (Å²) < 4.78 is 13.5. The van der Waals surface area contributed by atoms with Crippen molar-refractivity contribution >= 4 is 24.2 Å². The molecule has 0 spiro atoms. The maximum Gasteiger partial charge on any atom is 0.251 e. The number of benzene rings is 1. The van der Waals surface area contributed by atoms with E-state index >= 15 is 0 Å². The third kappa shape index (κ3) is 4.12. The number of rotatable bonds is 5. The van der Waals surface area contributed by atoms with Crippen LogP contribution in [-0.2, 0) is 4.79 Å². The molecule has 4 N–H and O–H groups in total. The fourth-order valence-corrected chi connectivity index (χ4v) is 4.04. The molecule has 0 aromatic heterocycles. The standard InChI is InChI=1S/C18H24FN3O2.ClH/c1-10-2-3-13(9-14(10)19)17(23)21-6-7-22-18(24)15-11-4-5-12(8-11)16(15)20;/h2-3,9,11-12,15-16H,4-8,20H2,1H3,(H,21,23)(H,22,24);1H. The van der Waals surface area contributed by atoms with E-state index < -0.39 is 5.82 Å². The predicted molar refractivity (Wildman–Crippen MR) is 96.0 cm³/mol. The molecule has 4 atom stereocenters. The van der Waals surface area contributed by atoms with Gasteiger partial charge in [-0.25, -0.2) is 4.39 Å². The first kappa shape index (κ1) is 19.7. The van der Waals surface area contributed by atoms with Gasteiger partial charge in [-0.3, -0.25) is 9.59 Å². The van der Waals surface area contributed by atoms with Gasteiger partial charge in [0.2, 0.25) is 5.91 Å². The first-order valence-electron chi connectivity index (χ1n) is 8.55. The van der Waals surface area contributed by atoms with Crippen molar-refractivity contribution in [3.63, 3.8) is 0 Å². The van der Waals surface area contributed by atoms with Crippen LogP contribution in [0.15, 0.2) is 18.2 Å². The maximum absolute atomic E-state index is 13.5. The van der Waals surface area contributed by atoms with Gasteiger partial charge in [-0.05, 0) is 55.7 Å². The Morgan fingerprint density at radius 3 is 2.52 bits per heavy atom. The molecule has 0 heterocycles. The second-order valence-corrected chi connectivity index (χ2v) is 6.95. The van der Waals surface area contributed by atoms with Gasteiger partial charge in [0.1, 0.15) is 5.82 Å². The highest BCUT2D eigenvalue weighted by Gasteiger charge is 2.48. The Morgan fingerprint density at radius 2 is 1.88 bits per heavy atom. The SMILES string of the molecule is Cc1ccc(C(=O)NCCNC(=O)C2C3CCC(C3)C2N)cc1F.Cl. The summed E-state index contributed by atoms with van der Waals surface area (Å²) in [7, 11) is 0. The van der Waals surface area contributed by atoms with Crippen LogP contribution in [0.2, 0.25) is 0 Å². The van der Waals surface area contributed by atoms with Crippen LogP contribution in [0.4, 0.5) is 4.39 Å². The van der Waals surface area contributed by atoms with E-state index in [1.165, 1.54) is 6.07 Å². The molecule has 1 aromatic rings. The number of hydrogen-bond acceptors (Lipinski definition) is 3. The zero-order chi connectivity index (χ0) is 17.3. The van der Waals surface area contributed by atoms with Crippen LogP contribution < -0.4 is 16.4 Å². The van der Waals surface area contributed by atoms with Crippen molar-refractivity contribution in [2.24, 2.45) is 23.5 Å². The summed E-state index contributed by atoms with van der Waals surface area (Å²) in [4.78, 5) is 24.2. The van der Waals surface area contributed by atoms with Gasteiger partial charge in [0.15, 0.2) is 0 Å². The van der Waals surface area contributed by atoms with Crippen LogP contribution in [0, 0.1) is 30.5 Å². The zero-order valence-electron chi connectivity index (χ0n) is 14.3. The molecule has 2 fully saturated rings. The Labute approximate surface area is 153 Å². The Bertz CT molecular complexity index is 653. The summed E-state index contributed by atoms with van der Waals surface area (Å²) in [6, 6.07) is 4.34. The molecule has 1 aromatic carbocycles. The zero-order valence-corrected chi connectivity index (χ0v) is 15.1. The molecule has 2 saturated carbocycles. The average Bonchev–Trinajstić information content (AvgIpc) is 3.14. The smallest absolute Gasteiger partial charge is 0.251 e. The number of fused-ring (bicyclic) bond motifs is 2. The van der Waals surface area contributed by atoms with Gasteiger partial charge in [0, 0.05) is 24.7 Å². The van der Waals surface area contributed by atoms with E-state index in [2.05, 4.69) is 10.6 Å². The highest BCUT2D eigenvalue weighted by molar-refractivity contribution is 5.94. The topological polar surface area (TPSA) is 84.2 Å². The molecule has 0 saturated heterocycles. The van der Waals surface area contributed by atoms with Crippen molar-refractivity contribution in [2.75, 3.05) is 13.1 Å². The highest BCUT2D eigenvalue weighted by Crippen LogP contribution is 2.47. The van der Waals surface area contributed by atoms with E-state index in [4.69, 9.17) is 5.73 Å². The molecule has 0 aliphatic heterocycles. The Hall–Kier alpha value is -1.66. The van der Waals surface area contributed by atoms with Crippen molar-refractivity contribution in [3.8, 4) is 0 Å². The van der Waals surface area contributed by atoms with Crippen LogP contribution in [0.25, 0.3) is 0 Å². The van der Waals surface area contributed by atoms with Crippen LogP contribution in [0.3, 0.4) is 0 Å². The van der Waals surface area contributed by atoms with Gasteiger partial charge in [-0.1, -0.05) is 6.07 Å². The fraction of sp³-hybridized carbons (Fsp3) is 0.556. The van der Waals surface area contributed by atoms with Crippen molar-refractivity contribution < 1.29 is 14.0 Å². The number of nitrogens with two attached hydrogens (primary N) is 1. The third-order valence-electron chi connectivity index (χ3n) is 5.43. The molecule has 7 heteroatoms. The normalized spacial score (nSPS) is 26.8. The second-order valence-electron chi connectivity index (χ2n) is 6.95. The van der Waals surface area contributed by atoms with Crippen molar-refractivity contribution in [1.29, 1.82) is 0 Å². The first-order chi connectivity index (χ1) is 11.5.